The molecule has 0 N–H and O–H groups in total. The Labute approximate surface area is 195 Å². The normalized spacial score (nSPS) is 11.3. The zero-order valence-electron chi connectivity index (χ0n) is 17.3. The van der Waals surface area contributed by atoms with Crippen molar-refractivity contribution in [3.8, 4) is 33.4 Å². The van der Waals surface area contributed by atoms with Gasteiger partial charge in [0, 0.05) is 15.2 Å². The first-order chi connectivity index (χ1) is 15.8. The van der Waals surface area contributed by atoms with Gasteiger partial charge in [0.05, 0.1) is 0 Å². The quantitative estimate of drug-likeness (QED) is 0.249. The van der Waals surface area contributed by atoms with Crippen LogP contribution in [-0.2, 0) is 0 Å². The summed E-state index contributed by atoms with van der Waals surface area (Å²) >= 11 is 3.68. The Balaban J connectivity index is 1.40. The minimum atomic E-state index is 0.902. The van der Waals surface area contributed by atoms with Crippen LogP contribution in [0.25, 0.3) is 55.3 Å². The molecule has 6 rings (SSSR count). The number of rotatable bonds is 3. The van der Waals surface area contributed by atoms with Crippen molar-refractivity contribution in [2.75, 3.05) is 0 Å². The third-order valence-electron chi connectivity index (χ3n) is 5.97. The van der Waals surface area contributed by atoms with E-state index in [1.807, 2.05) is 18.2 Å². The van der Waals surface area contributed by atoms with Gasteiger partial charge in [0.2, 0.25) is 0 Å². The standard InChI is InChI=1S/C30H19BrO/c31-27-10-5-11-29-30(27)26-19-25(16-17-28(26)32-29)24-9-4-8-23(18-24)22-14-12-21(13-15-22)20-6-2-1-3-7-20/h1-19H. The molecule has 0 aliphatic rings. The zero-order valence-corrected chi connectivity index (χ0v) is 18.8. The van der Waals surface area contributed by atoms with Gasteiger partial charge in [0.25, 0.3) is 0 Å². The molecule has 1 heterocycles. The number of hydrogen-bond acceptors (Lipinski definition) is 1. The Kier molecular flexibility index (Phi) is 4.66. The average molecular weight is 475 g/mol. The Morgan fingerprint density at radius 2 is 1.00 bits per heavy atom. The van der Waals surface area contributed by atoms with Crippen LogP contribution < -0.4 is 0 Å². The zero-order chi connectivity index (χ0) is 21.5. The predicted molar refractivity (Wildman–Crippen MR) is 138 cm³/mol. The van der Waals surface area contributed by atoms with E-state index in [0.717, 1.165) is 26.4 Å². The van der Waals surface area contributed by atoms with Gasteiger partial charge in [0.1, 0.15) is 11.2 Å². The Morgan fingerprint density at radius 1 is 0.438 bits per heavy atom. The molecule has 0 saturated carbocycles. The van der Waals surface area contributed by atoms with E-state index in [9.17, 15) is 0 Å². The van der Waals surface area contributed by atoms with E-state index < -0.39 is 0 Å². The molecule has 0 amide bonds. The van der Waals surface area contributed by atoms with Crippen molar-refractivity contribution in [3.05, 3.63) is 120 Å². The highest BCUT2D eigenvalue weighted by atomic mass is 79.9. The van der Waals surface area contributed by atoms with Crippen LogP contribution in [0.4, 0.5) is 0 Å². The fourth-order valence-corrected chi connectivity index (χ4v) is 4.89. The SMILES string of the molecule is Brc1cccc2oc3ccc(-c4cccc(-c5ccc(-c6ccccc6)cc5)c4)cc3c12. The summed E-state index contributed by atoms with van der Waals surface area (Å²) in [6.45, 7) is 0. The molecule has 1 nitrogen and oxygen atoms in total. The molecule has 0 spiro atoms. The molecular formula is C30H19BrO. The molecule has 5 aromatic carbocycles. The average Bonchev–Trinajstić information content (AvgIpc) is 3.24. The van der Waals surface area contributed by atoms with Gasteiger partial charge in [-0.1, -0.05) is 101 Å². The molecule has 1 aromatic heterocycles. The van der Waals surface area contributed by atoms with Gasteiger partial charge in [-0.3, -0.25) is 0 Å². The smallest absolute Gasteiger partial charge is 0.136 e. The Hall–Kier alpha value is -3.62. The van der Waals surface area contributed by atoms with Crippen molar-refractivity contribution >= 4 is 37.9 Å². The van der Waals surface area contributed by atoms with Crippen LogP contribution in [-0.4, -0.2) is 0 Å². The molecule has 152 valence electrons. The van der Waals surface area contributed by atoms with E-state index >= 15 is 0 Å². The molecule has 0 unspecified atom stereocenters. The molecule has 0 atom stereocenters. The van der Waals surface area contributed by atoms with Crippen LogP contribution in [0.15, 0.2) is 124 Å². The molecule has 0 saturated heterocycles. The van der Waals surface area contributed by atoms with E-state index in [2.05, 4.69) is 113 Å². The number of hydrogen-bond donors (Lipinski definition) is 0. The van der Waals surface area contributed by atoms with Gasteiger partial charge in [0.15, 0.2) is 0 Å². The molecule has 2 heteroatoms. The van der Waals surface area contributed by atoms with E-state index in [0.29, 0.717) is 0 Å². The summed E-state index contributed by atoms with van der Waals surface area (Å²) in [5.74, 6) is 0. The maximum absolute atomic E-state index is 6.03. The number of halogens is 1. The van der Waals surface area contributed by atoms with Gasteiger partial charge >= 0.3 is 0 Å². The largest absolute Gasteiger partial charge is 0.456 e. The lowest BCUT2D eigenvalue weighted by Gasteiger charge is -2.08. The fourth-order valence-electron chi connectivity index (χ4n) is 4.33. The molecule has 32 heavy (non-hydrogen) atoms. The molecule has 0 fully saturated rings. The molecule has 0 bridgehead atoms. The molecule has 0 aliphatic carbocycles. The second-order valence-corrected chi connectivity index (χ2v) is 8.80. The Bertz CT molecular complexity index is 1560. The summed E-state index contributed by atoms with van der Waals surface area (Å²) in [7, 11) is 0. The summed E-state index contributed by atoms with van der Waals surface area (Å²) in [5, 5.41) is 2.25. The third-order valence-corrected chi connectivity index (χ3v) is 6.63. The van der Waals surface area contributed by atoms with Crippen molar-refractivity contribution in [3.63, 3.8) is 0 Å². The molecule has 6 aromatic rings. The van der Waals surface area contributed by atoms with Crippen LogP contribution in [0.3, 0.4) is 0 Å². The summed E-state index contributed by atoms with van der Waals surface area (Å²) < 4.78 is 7.09. The van der Waals surface area contributed by atoms with Crippen LogP contribution in [0.5, 0.6) is 0 Å². The van der Waals surface area contributed by atoms with E-state index in [1.165, 1.54) is 33.4 Å². The van der Waals surface area contributed by atoms with Crippen LogP contribution in [0.2, 0.25) is 0 Å². The first-order valence-electron chi connectivity index (χ1n) is 10.6. The van der Waals surface area contributed by atoms with E-state index in [4.69, 9.17) is 4.42 Å². The van der Waals surface area contributed by atoms with Gasteiger partial charge < -0.3 is 4.42 Å². The van der Waals surface area contributed by atoms with Gasteiger partial charge in [-0.2, -0.15) is 0 Å². The second kappa shape index (κ2) is 7.81. The van der Waals surface area contributed by atoms with Crippen molar-refractivity contribution in [1.29, 1.82) is 0 Å². The minimum absolute atomic E-state index is 0.902. The van der Waals surface area contributed by atoms with Crippen molar-refractivity contribution in [1.82, 2.24) is 0 Å². The topological polar surface area (TPSA) is 13.1 Å². The number of furan rings is 1. The van der Waals surface area contributed by atoms with Gasteiger partial charge in [-0.15, -0.1) is 0 Å². The minimum Gasteiger partial charge on any atom is -0.456 e. The summed E-state index contributed by atoms with van der Waals surface area (Å²) in [5.41, 5.74) is 9.07. The van der Waals surface area contributed by atoms with E-state index in [1.54, 1.807) is 0 Å². The van der Waals surface area contributed by atoms with Crippen molar-refractivity contribution in [2.24, 2.45) is 0 Å². The molecular weight excluding hydrogens is 456 g/mol. The molecule has 0 radical (unpaired) electrons. The maximum Gasteiger partial charge on any atom is 0.136 e. The number of benzene rings is 5. The lowest BCUT2D eigenvalue weighted by Crippen LogP contribution is -1.83. The highest BCUT2D eigenvalue weighted by molar-refractivity contribution is 9.10. The lowest BCUT2D eigenvalue weighted by atomic mass is 9.96. The maximum atomic E-state index is 6.03. The van der Waals surface area contributed by atoms with Crippen LogP contribution in [0.1, 0.15) is 0 Å². The lowest BCUT2D eigenvalue weighted by molar-refractivity contribution is 0.669. The van der Waals surface area contributed by atoms with E-state index in [-0.39, 0.29) is 0 Å². The second-order valence-electron chi connectivity index (χ2n) is 7.95. The van der Waals surface area contributed by atoms with Crippen LogP contribution in [0, 0.1) is 0 Å². The van der Waals surface area contributed by atoms with Gasteiger partial charge in [-0.25, -0.2) is 0 Å². The predicted octanol–water partition coefficient (Wildman–Crippen LogP) is 9.35. The fraction of sp³-hybridized carbons (Fsp3) is 0. The van der Waals surface area contributed by atoms with Gasteiger partial charge in [-0.05, 0) is 63.7 Å². The first-order valence-corrected chi connectivity index (χ1v) is 11.4. The van der Waals surface area contributed by atoms with Crippen molar-refractivity contribution in [2.45, 2.75) is 0 Å². The summed E-state index contributed by atoms with van der Waals surface area (Å²) in [6, 6.07) is 40.5. The highest BCUT2D eigenvalue weighted by Crippen LogP contribution is 2.37. The van der Waals surface area contributed by atoms with Crippen LogP contribution >= 0.6 is 15.9 Å². The number of fused-ring (bicyclic) bond motifs is 3. The Morgan fingerprint density at radius 3 is 1.78 bits per heavy atom. The molecule has 0 aliphatic heterocycles. The first kappa shape index (κ1) is 19.1. The summed E-state index contributed by atoms with van der Waals surface area (Å²) in [4.78, 5) is 0. The highest BCUT2D eigenvalue weighted by Gasteiger charge is 2.11. The monoisotopic (exact) mass is 474 g/mol. The third kappa shape index (κ3) is 3.34. The van der Waals surface area contributed by atoms with Crippen molar-refractivity contribution < 1.29 is 4.42 Å². The summed E-state index contributed by atoms with van der Waals surface area (Å²) in [6.07, 6.45) is 0.